The van der Waals surface area contributed by atoms with Crippen LogP contribution in [0, 0.1) is 22.0 Å². The van der Waals surface area contributed by atoms with Gasteiger partial charge in [-0.05, 0) is 30.3 Å². The van der Waals surface area contributed by atoms with Crippen LogP contribution in [0.25, 0.3) is 16.9 Å². The van der Waals surface area contributed by atoms with Crippen molar-refractivity contribution in [2.24, 2.45) is 0 Å². The number of aliphatic hydroxyl groups excluding tert-OH is 1. The van der Waals surface area contributed by atoms with Crippen molar-refractivity contribution in [3.8, 4) is 28.8 Å². The van der Waals surface area contributed by atoms with Gasteiger partial charge in [0.2, 0.25) is 0 Å². The number of aromatic nitrogens is 2. The summed E-state index contributed by atoms with van der Waals surface area (Å²) in [5.41, 5.74) is 5.47. The van der Waals surface area contributed by atoms with Gasteiger partial charge < -0.3 is 14.7 Å². The molecule has 1 saturated heterocycles. The largest absolute Gasteiger partial charge is 0.392 e. The van der Waals surface area contributed by atoms with Crippen LogP contribution in [0.15, 0.2) is 42.5 Å². The average Bonchev–Trinajstić information content (AvgIpc) is 3.29. The molecule has 3 aromatic rings. The number of amides is 1. The van der Waals surface area contributed by atoms with E-state index in [1.54, 1.807) is 47.5 Å². The molecule has 0 unspecified atom stereocenters. The van der Waals surface area contributed by atoms with Crippen molar-refractivity contribution in [1.82, 2.24) is 20.2 Å². The van der Waals surface area contributed by atoms with Gasteiger partial charge in [-0.15, -0.1) is 10.1 Å². The molecule has 0 saturated carbocycles. The van der Waals surface area contributed by atoms with Crippen LogP contribution in [0.4, 0.5) is 0 Å². The molecule has 13 heteroatoms. The van der Waals surface area contributed by atoms with Gasteiger partial charge in [0.05, 0.1) is 36.2 Å². The van der Waals surface area contributed by atoms with Crippen LogP contribution in [0.2, 0.25) is 10.0 Å². The first-order valence-electron chi connectivity index (χ1n) is 11.6. The Morgan fingerprint density at radius 3 is 2.61 bits per heavy atom. The van der Waals surface area contributed by atoms with E-state index in [0.29, 0.717) is 64.4 Å². The van der Waals surface area contributed by atoms with Crippen molar-refractivity contribution < 1.29 is 24.6 Å². The number of hydrogen-bond acceptors (Lipinski definition) is 8. The summed E-state index contributed by atoms with van der Waals surface area (Å²) < 4.78 is 6.84. The predicted molar refractivity (Wildman–Crippen MR) is 139 cm³/mol. The van der Waals surface area contributed by atoms with Crippen molar-refractivity contribution in [3.05, 3.63) is 79.4 Å². The zero-order chi connectivity index (χ0) is 27.1. The molecule has 1 aliphatic rings. The number of benzene rings is 2. The maximum absolute atomic E-state index is 13.2. The van der Waals surface area contributed by atoms with E-state index in [0.717, 1.165) is 0 Å². The van der Waals surface area contributed by atoms with Gasteiger partial charge in [0.25, 0.3) is 11.0 Å². The second-order valence-electron chi connectivity index (χ2n) is 8.07. The summed E-state index contributed by atoms with van der Waals surface area (Å²) in [5, 5.41) is 26.8. The highest BCUT2D eigenvalue weighted by atomic mass is 35.5. The molecule has 0 bridgehead atoms. The lowest BCUT2D eigenvalue weighted by atomic mass is 10.0. The maximum atomic E-state index is 13.2. The molecule has 1 aliphatic heterocycles. The molecule has 0 spiro atoms. The lowest BCUT2D eigenvalue weighted by molar-refractivity contribution is -0.757. The normalized spacial score (nSPS) is 13.4. The van der Waals surface area contributed by atoms with Crippen molar-refractivity contribution >= 4 is 29.1 Å². The van der Waals surface area contributed by atoms with E-state index < -0.39 is 17.6 Å². The second-order valence-corrected chi connectivity index (χ2v) is 8.91. The summed E-state index contributed by atoms with van der Waals surface area (Å²) in [6, 6.07) is 12.0. The van der Waals surface area contributed by atoms with Crippen molar-refractivity contribution in [2.45, 2.75) is 13.0 Å². The van der Waals surface area contributed by atoms with Crippen LogP contribution >= 0.6 is 23.2 Å². The number of nitrogens with zero attached hydrogens (tertiary/aromatic N) is 4. The number of carbonyl (C=O) groups is 1. The number of ether oxygens (including phenoxy) is 1. The minimum Gasteiger partial charge on any atom is -0.392 e. The standard InChI is InChI=1S/C25H23Cl2N5O6/c26-19-8-9-22(21(27)15-19)31-24(18-6-4-17(5-7-18)3-1-2-12-38-32(35)36)20(16-33)23(28-31)25(34)29-30-10-13-37-14-11-30/h4-9,15,33H,2,10-14,16H2,(H,29,34). The first-order chi connectivity index (χ1) is 18.4. The van der Waals surface area contributed by atoms with E-state index in [4.69, 9.17) is 27.9 Å². The van der Waals surface area contributed by atoms with Crippen LogP contribution in [0.3, 0.4) is 0 Å². The third kappa shape index (κ3) is 6.61. The lowest BCUT2D eigenvalue weighted by Gasteiger charge is -2.26. The molecule has 1 fully saturated rings. The molecular weight excluding hydrogens is 537 g/mol. The van der Waals surface area contributed by atoms with Crippen LogP contribution in [-0.2, 0) is 16.2 Å². The summed E-state index contributed by atoms with van der Waals surface area (Å²) in [5.74, 6) is 5.26. The number of nitrogens with one attached hydrogen (secondary N) is 1. The topological polar surface area (TPSA) is 132 Å². The first kappa shape index (κ1) is 27.4. The molecule has 0 radical (unpaired) electrons. The quantitative estimate of drug-likeness (QED) is 0.186. The van der Waals surface area contributed by atoms with Crippen LogP contribution in [-0.4, -0.2) is 63.8 Å². The molecule has 198 valence electrons. The smallest absolute Gasteiger partial charge is 0.294 e. The number of carbonyl (C=O) groups excluding carboxylic acids is 1. The van der Waals surface area contributed by atoms with E-state index in [1.165, 1.54) is 4.68 Å². The second kappa shape index (κ2) is 12.7. The van der Waals surface area contributed by atoms with Crippen molar-refractivity contribution in [3.63, 3.8) is 0 Å². The van der Waals surface area contributed by atoms with E-state index in [1.807, 2.05) is 0 Å². The Kier molecular flexibility index (Phi) is 9.17. The van der Waals surface area contributed by atoms with Crippen LogP contribution in [0.1, 0.15) is 28.0 Å². The number of halogens is 2. The molecule has 38 heavy (non-hydrogen) atoms. The van der Waals surface area contributed by atoms with Crippen molar-refractivity contribution in [1.29, 1.82) is 0 Å². The third-order valence-electron chi connectivity index (χ3n) is 5.58. The maximum Gasteiger partial charge on any atom is 0.294 e. The number of hydrazine groups is 1. The molecule has 4 rings (SSSR count). The minimum atomic E-state index is -0.860. The van der Waals surface area contributed by atoms with Crippen LogP contribution < -0.4 is 5.43 Å². The molecule has 0 aliphatic carbocycles. The number of morpholine rings is 1. The predicted octanol–water partition coefficient (Wildman–Crippen LogP) is 3.27. The highest BCUT2D eigenvalue weighted by Gasteiger charge is 2.26. The van der Waals surface area contributed by atoms with Gasteiger partial charge in [0.15, 0.2) is 5.69 Å². The number of rotatable bonds is 8. The van der Waals surface area contributed by atoms with Gasteiger partial charge in [-0.1, -0.05) is 47.2 Å². The third-order valence-corrected chi connectivity index (χ3v) is 6.12. The Morgan fingerprint density at radius 2 is 1.95 bits per heavy atom. The fraction of sp³-hybridized carbons (Fsp3) is 0.280. The molecule has 2 N–H and O–H groups in total. The summed E-state index contributed by atoms with van der Waals surface area (Å²) in [6.45, 7) is 1.46. The minimum absolute atomic E-state index is 0.0506. The zero-order valence-corrected chi connectivity index (χ0v) is 21.5. The lowest BCUT2D eigenvalue weighted by Crippen LogP contribution is -2.48. The highest BCUT2D eigenvalue weighted by molar-refractivity contribution is 6.35. The fourth-order valence-corrected chi connectivity index (χ4v) is 4.31. The summed E-state index contributed by atoms with van der Waals surface area (Å²) in [4.78, 5) is 27.7. The Balaban J connectivity index is 1.71. The van der Waals surface area contributed by atoms with Gasteiger partial charge in [-0.3, -0.25) is 10.2 Å². The van der Waals surface area contributed by atoms with E-state index in [-0.39, 0.29) is 18.7 Å². The van der Waals surface area contributed by atoms with Crippen LogP contribution in [0.5, 0.6) is 0 Å². The molecule has 2 heterocycles. The van der Waals surface area contributed by atoms with Gasteiger partial charge in [0.1, 0.15) is 6.61 Å². The molecule has 0 atom stereocenters. The van der Waals surface area contributed by atoms with Gasteiger partial charge in [-0.2, -0.15) is 5.10 Å². The number of aliphatic hydroxyl groups is 1. The fourth-order valence-electron chi connectivity index (χ4n) is 3.83. The Hall–Kier alpha value is -3.66. The monoisotopic (exact) mass is 559 g/mol. The van der Waals surface area contributed by atoms with Crippen molar-refractivity contribution in [2.75, 3.05) is 32.9 Å². The Labute approximate surface area is 227 Å². The first-order valence-corrected chi connectivity index (χ1v) is 12.3. The summed E-state index contributed by atoms with van der Waals surface area (Å²) in [6.07, 6.45) is 0.195. The van der Waals surface area contributed by atoms with E-state index in [2.05, 4.69) is 27.2 Å². The Bertz CT molecular complexity index is 1380. The Morgan fingerprint density at radius 1 is 1.21 bits per heavy atom. The SMILES string of the molecule is O=C(NN1CCOCC1)c1nn(-c2ccc(Cl)cc2Cl)c(-c2ccc(C#CCCO[N+](=O)[O-])cc2)c1CO. The zero-order valence-electron chi connectivity index (χ0n) is 20.0. The summed E-state index contributed by atoms with van der Waals surface area (Å²) in [7, 11) is 0. The molecule has 1 aromatic heterocycles. The molecule has 2 aromatic carbocycles. The summed E-state index contributed by atoms with van der Waals surface area (Å²) >= 11 is 12.6. The molecule has 11 nitrogen and oxygen atoms in total. The van der Waals surface area contributed by atoms with E-state index >= 15 is 0 Å². The van der Waals surface area contributed by atoms with E-state index in [9.17, 15) is 20.0 Å². The molecule has 1 amide bonds. The van der Waals surface area contributed by atoms with Gasteiger partial charge in [-0.25, -0.2) is 9.69 Å². The van der Waals surface area contributed by atoms with Gasteiger partial charge >= 0.3 is 0 Å². The average molecular weight is 560 g/mol. The van der Waals surface area contributed by atoms with Gasteiger partial charge in [0, 0.05) is 41.2 Å². The number of hydrogen-bond donors (Lipinski definition) is 2. The molecular formula is C25H23Cl2N5O6. The highest BCUT2D eigenvalue weighted by Crippen LogP contribution is 2.33.